The molecule has 0 spiro atoms. The van der Waals surface area contributed by atoms with Crippen molar-refractivity contribution < 1.29 is 4.74 Å². The molecule has 2 heterocycles. The fourth-order valence-corrected chi connectivity index (χ4v) is 2.97. The molecule has 2 aromatic heterocycles. The van der Waals surface area contributed by atoms with Gasteiger partial charge in [-0.15, -0.1) is 11.3 Å². The van der Waals surface area contributed by atoms with Gasteiger partial charge >= 0.3 is 0 Å². The van der Waals surface area contributed by atoms with Gasteiger partial charge in [0.15, 0.2) is 5.82 Å². The van der Waals surface area contributed by atoms with Crippen LogP contribution >= 0.6 is 11.3 Å². The van der Waals surface area contributed by atoms with Crippen LogP contribution in [-0.2, 0) is 11.3 Å². The van der Waals surface area contributed by atoms with Crippen LogP contribution in [0.15, 0.2) is 11.4 Å². The van der Waals surface area contributed by atoms with E-state index in [1.54, 1.807) is 18.4 Å². The van der Waals surface area contributed by atoms with Gasteiger partial charge in [-0.25, -0.2) is 15.8 Å². The Labute approximate surface area is 122 Å². The summed E-state index contributed by atoms with van der Waals surface area (Å²) in [4.78, 5) is 12.3. The van der Waals surface area contributed by atoms with Crippen molar-refractivity contribution in [3.63, 3.8) is 0 Å². The molecule has 0 aliphatic rings. The van der Waals surface area contributed by atoms with Crippen LogP contribution in [0.4, 0.5) is 5.82 Å². The molecule has 0 saturated heterocycles. The fraction of sp³-hybridized carbons (Fsp3) is 0.538. The maximum Gasteiger partial charge on any atom is 0.152 e. The molecular weight excluding hydrogens is 274 g/mol. The molecule has 0 fully saturated rings. The number of nitrogens with two attached hydrogens (primary N) is 1. The molecule has 7 heteroatoms. The van der Waals surface area contributed by atoms with E-state index in [1.165, 1.54) is 0 Å². The SMILES string of the molecule is CCN(Cc1nc(NN)c2ccsc2n1)C(C)COC. The Morgan fingerprint density at radius 1 is 1.50 bits per heavy atom. The molecule has 0 aromatic carbocycles. The molecule has 0 radical (unpaired) electrons. The summed E-state index contributed by atoms with van der Waals surface area (Å²) in [6.45, 7) is 6.55. The number of nitrogens with zero attached hydrogens (tertiary/aromatic N) is 3. The summed E-state index contributed by atoms with van der Waals surface area (Å²) in [7, 11) is 1.72. The summed E-state index contributed by atoms with van der Waals surface area (Å²) in [5.74, 6) is 7.00. The molecule has 20 heavy (non-hydrogen) atoms. The Balaban J connectivity index is 2.23. The molecule has 3 N–H and O–H groups in total. The molecule has 0 saturated carbocycles. The molecule has 2 rings (SSSR count). The van der Waals surface area contributed by atoms with Crippen molar-refractivity contribution in [3.05, 3.63) is 17.3 Å². The Hall–Kier alpha value is -1.28. The van der Waals surface area contributed by atoms with E-state index in [9.17, 15) is 0 Å². The third kappa shape index (κ3) is 3.24. The number of nitrogens with one attached hydrogen (secondary N) is 1. The summed E-state index contributed by atoms with van der Waals surface area (Å²) in [5.41, 5.74) is 2.65. The number of fused-ring (bicyclic) bond motifs is 1. The lowest BCUT2D eigenvalue weighted by Gasteiger charge is -2.26. The first-order valence-electron chi connectivity index (χ1n) is 6.63. The van der Waals surface area contributed by atoms with Crippen LogP contribution in [0.3, 0.4) is 0 Å². The topological polar surface area (TPSA) is 76.3 Å². The number of aromatic nitrogens is 2. The molecule has 6 nitrogen and oxygen atoms in total. The molecule has 1 atom stereocenters. The number of nitrogen functional groups attached to an aromatic ring is 1. The first kappa shape index (κ1) is 15.1. The van der Waals surface area contributed by atoms with Crippen molar-refractivity contribution in [1.82, 2.24) is 14.9 Å². The molecular formula is C13H21N5OS. The predicted molar refractivity (Wildman–Crippen MR) is 82.6 cm³/mol. The summed E-state index contributed by atoms with van der Waals surface area (Å²) < 4.78 is 5.21. The highest BCUT2D eigenvalue weighted by atomic mass is 32.1. The molecule has 0 bridgehead atoms. The number of hydrazine groups is 1. The van der Waals surface area contributed by atoms with E-state index in [1.807, 2.05) is 11.4 Å². The number of likely N-dealkylation sites (N-methyl/N-ethyl adjacent to an activating group) is 1. The molecule has 110 valence electrons. The monoisotopic (exact) mass is 295 g/mol. The Kier molecular flexibility index (Phi) is 5.24. The summed E-state index contributed by atoms with van der Waals surface area (Å²) in [5, 5.41) is 2.96. The van der Waals surface area contributed by atoms with Crippen LogP contribution in [0, 0.1) is 0 Å². The van der Waals surface area contributed by atoms with Crippen LogP contribution in [0.1, 0.15) is 19.7 Å². The van der Waals surface area contributed by atoms with Crippen molar-refractivity contribution in [1.29, 1.82) is 0 Å². The Bertz CT molecular complexity index is 559. The van der Waals surface area contributed by atoms with Gasteiger partial charge in [0.25, 0.3) is 0 Å². The number of hydrogen-bond acceptors (Lipinski definition) is 7. The Morgan fingerprint density at radius 3 is 2.95 bits per heavy atom. The van der Waals surface area contributed by atoms with Gasteiger partial charge in [0.05, 0.1) is 18.5 Å². The lowest BCUT2D eigenvalue weighted by atomic mass is 10.3. The number of ether oxygens (including phenoxy) is 1. The van der Waals surface area contributed by atoms with Gasteiger partial charge in [-0.05, 0) is 24.9 Å². The lowest BCUT2D eigenvalue weighted by Crippen LogP contribution is -2.36. The average molecular weight is 295 g/mol. The highest BCUT2D eigenvalue weighted by Crippen LogP contribution is 2.24. The first-order valence-corrected chi connectivity index (χ1v) is 7.51. The predicted octanol–water partition coefficient (Wildman–Crippen LogP) is 1.83. The molecule has 1 unspecified atom stereocenters. The van der Waals surface area contributed by atoms with E-state index in [-0.39, 0.29) is 0 Å². The maximum atomic E-state index is 5.55. The maximum absolute atomic E-state index is 5.55. The first-order chi connectivity index (χ1) is 9.69. The largest absolute Gasteiger partial charge is 0.383 e. The number of hydrogen-bond donors (Lipinski definition) is 2. The number of anilines is 1. The lowest BCUT2D eigenvalue weighted by molar-refractivity contribution is 0.0966. The van der Waals surface area contributed by atoms with Gasteiger partial charge in [-0.3, -0.25) is 4.90 Å². The van der Waals surface area contributed by atoms with Crippen LogP contribution in [-0.4, -0.2) is 41.2 Å². The van der Waals surface area contributed by atoms with Crippen molar-refractivity contribution >= 4 is 27.4 Å². The van der Waals surface area contributed by atoms with Gasteiger partial charge in [0.2, 0.25) is 0 Å². The highest BCUT2D eigenvalue weighted by Gasteiger charge is 2.15. The molecule has 2 aromatic rings. The highest BCUT2D eigenvalue weighted by molar-refractivity contribution is 7.16. The fourth-order valence-electron chi connectivity index (χ4n) is 2.19. The minimum absolute atomic E-state index is 0.321. The second kappa shape index (κ2) is 6.94. The number of methoxy groups -OCH3 is 1. The minimum atomic E-state index is 0.321. The molecule has 0 aliphatic carbocycles. The summed E-state index contributed by atoms with van der Waals surface area (Å²) >= 11 is 1.59. The van der Waals surface area contributed by atoms with E-state index in [4.69, 9.17) is 10.6 Å². The van der Waals surface area contributed by atoms with E-state index in [2.05, 4.69) is 34.1 Å². The van der Waals surface area contributed by atoms with Crippen LogP contribution in [0.25, 0.3) is 10.2 Å². The van der Waals surface area contributed by atoms with Crippen LogP contribution in [0.2, 0.25) is 0 Å². The Morgan fingerprint density at radius 2 is 2.30 bits per heavy atom. The minimum Gasteiger partial charge on any atom is -0.383 e. The second-order valence-corrected chi connectivity index (χ2v) is 5.53. The quantitative estimate of drug-likeness (QED) is 0.599. The van der Waals surface area contributed by atoms with Crippen molar-refractivity contribution in [2.24, 2.45) is 5.84 Å². The zero-order valence-electron chi connectivity index (χ0n) is 12.1. The van der Waals surface area contributed by atoms with Crippen LogP contribution in [0.5, 0.6) is 0 Å². The molecule has 0 amide bonds. The van der Waals surface area contributed by atoms with Gasteiger partial charge in [0, 0.05) is 13.2 Å². The van der Waals surface area contributed by atoms with Crippen molar-refractivity contribution in [3.8, 4) is 0 Å². The normalized spacial score (nSPS) is 13.1. The standard InChI is InChI=1S/C13H21N5OS/c1-4-18(9(2)8-19-3)7-11-15-12(17-14)10-5-6-20-13(10)16-11/h5-6,9H,4,7-8,14H2,1-3H3,(H,15,16,17). The van der Waals surface area contributed by atoms with Gasteiger partial charge in [-0.1, -0.05) is 6.92 Å². The van der Waals surface area contributed by atoms with Gasteiger partial charge in [-0.2, -0.15) is 0 Å². The summed E-state index contributed by atoms with van der Waals surface area (Å²) in [6.07, 6.45) is 0. The number of rotatable bonds is 7. The summed E-state index contributed by atoms with van der Waals surface area (Å²) in [6, 6.07) is 2.30. The van der Waals surface area contributed by atoms with Gasteiger partial charge in [0.1, 0.15) is 10.7 Å². The van der Waals surface area contributed by atoms with Gasteiger partial charge < -0.3 is 10.2 Å². The van der Waals surface area contributed by atoms with Crippen LogP contribution < -0.4 is 11.3 Å². The molecule has 0 aliphatic heterocycles. The smallest absolute Gasteiger partial charge is 0.152 e. The van der Waals surface area contributed by atoms with E-state index < -0.39 is 0 Å². The zero-order chi connectivity index (χ0) is 14.5. The average Bonchev–Trinajstić information content (AvgIpc) is 2.92. The zero-order valence-corrected chi connectivity index (χ0v) is 12.9. The third-order valence-corrected chi connectivity index (χ3v) is 4.10. The van der Waals surface area contributed by atoms with E-state index >= 15 is 0 Å². The van der Waals surface area contributed by atoms with Crippen molar-refractivity contribution in [2.45, 2.75) is 26.4 Å². The number of thiophene rings is 1. The van der Waals surface area contributed by atoms with E-state index in [0.717, 1.165) is 22.6 Å². The van der Waals surface area contributed by atoms with Crippen molar-refractivity contribution in [2.75, 3.05) is 25.7 Å². The third-order valence-electron chi connectivity index (χ3n) is 3.29. The van der Waals surface area contributed by atoms with E-state index in [0.29, 0.717) is 25.0 Å². The second-order valence-electron chi connectivity index (χ2n) is 4.64.